The smallest absolute Gasteiger partial charge is 0.251 e. The summed E-state index contributed by atoms with van der Waals surface area (Å²) in [4.78, 5) is 16.1. The Morgan fingerprint density at radius 1 is 1.35 bits per heavy atom. The van der Waals surface area contributed by atoms with Gasteiger partial charge in [-0.3, -0.25) is 4.79 Å². The molecule has 0 aliphatic heterocycles. The van der Waals surface area contributed by atoms with Crippen LogP contribution < -0.4 is 10.1 Å². The molecule has 0 radical (unpaired) electrons. The molecule has 0 aliphatic rings. The molecular weight excluding hydrogens is 272 g/mol. The van der Waals surface area contributed by atoms with Gasteiger partial charge >= 0.3 is 0 Å². The number of carbonyl (C=O) groups excluding carboxylic acids is 1. The van der Waals surface area contributed by atoms with Gasteiger partial charge in [-0.25, -0.2) is 4.98 Å². The van der Waals surface area contributed by atoms with Crippen LogP contribution in [0.4, 0.5) is 0 Å². The molecule has 0 unspecified atom stereocenters. The van der Waals surface area contributed by atoms with E-state index < -0.39 is 0 Å². The van der Waals surface area contributed by atoms with Crippen LogP contribution in [0.15, 0.2) is 29.6 Å². The molecule has 1 aromatic carbocycles. The summed E-state index contributed by atoms with van der Waals surface area (Å²) in [5.41, 5.74) is 1.56. The molecule has 4 nitrogen and oxygen atoms in total. The molecule has 0 spiro atoms. The fraction of sp³-hybridized carbons (Fsp3) is 0.333. The number of rotatable bonds is 5. The van der Waals surface area contributed by atoms with E-state index in [4.69, 9.17) is 4.74 Å². The summed E-state index contributed by atoms with van der Waals surface area (Å²) in [6, 6.07) is 7.26. The second kappa shape index (κ2) is 6.52. The van der Waals surface area contributed by atoms with Crippen molar-refractivity contribution in [2.24, 2.45) is 0 Å². The van der Waals surface area contributed by atoms with Gasteiger partial charge in [-0.2, -0.15) is 0 Å². The molecular formula is C15H18N2O2S. The number of nitrogens with one attached hydrogen (secondary N) is 1. The molecule has 0 saturated heterocycles. The Morgan fingerprint density at radius 3 is 2.60 bits per heavy atom. The van der Waals surface area contributed by atoms with Gasteiger partial charge in [0.2, 0.25) is 0 Å². The minimum atomic E-state index is -0.0679. The quantitative estimate of drug-likeness (QED) is 0.920. The number of carbonyl (C=O) groups is 1. The number of aryl methyl sites for hydroxylation is 1. The molecule has 0 fully saturated rings. The Bertz CT molecular complexity index is 576. The van der Waals surface area contributed by atoms with Gasteiger partial charge in [-0.15, -0.1) is 11.3 Å². The maximum atomic E-state index is 11.8. The van der Waals surface area contributed by atoms with Crippen molar-refractivity contribution in [1.29, 1.82) is 0 Å². The second-order valence-corrected chi connectivity index (χ2v) is 5.86. The summed E-state index contributed by atoms with van der Waals surface area (Å²) in [6.45, 7) is 6.29. The van der Waals surface area contributed by atoms with Crippen molar-refractivity contribution < 1.29 is 9.53 Å². The molecule has 2 rings (SSSR count). The minimum absolute atomic E-state index is 0.0679. The van der Waals surface area contributed by atoms with Crippen LogP contribution in [0.3, 0.4) is 0 Å². The number of thiazole rings is 1. The SMILES string of the molecule is Cc1nc(COc2ccc(C(=O)NC(C)C)cc2)cs1. The molecule has 1 N–H and O–H groups in total. The molecule has 1 heterocycles. The van der Waals surface area contributed by atoms with Crippen LogP contribution in [-0.2, 0) is 6.61 Å². The van der Waals surface area contributed by atoms with E-state index in [1.165, 1.54) is 0 Å². The molecule has 0 atom stereocenters. The Labute approximate surface area is 122 Å². The molecule has 106 valence electrons. The van der Waals surface area contributed by atoms with E-state index in [2.05, 4.69) is 10.3 Å². The van der Waals surface area contributed by atoms with Crippen molar-refractivity contribution in [3.05, 3.63) is 45.9 Å². The van der Waals surface area contributed by atoms with Gasteiger partial charge in [0.25, 0.3) is 5.91 Å². The van der Waals surface area contributed by atoms with Gasteiger partial charge in [0, 0.05) is 17.0 Å². The number of hydrogen-bond donors (Lipinski definition) is 1. The number of nitrogens with zero attached hydrogens (tertiary/aromatic N) is 1. The maximum absolute atomic E-state index is 11.8. The van der Waals surface area contributed by atoms with Gasteiger partial charge in [0.15, 0.2) is 0 Å². The predicted molar refractivity (Wildman–Crippen MR) is 80.2 cm³/mol. The van der Waals surface area contributed by atoms with E-state index in [-0.39, 0.29) is 11.9 Å². The summed E-state index contributed by atoms with van der Waals surface area (Å²) >= 11 is 1.61. The van der Waals surface area contributed by atoms with Gasteiger partial charge in [0.1, 0.15) is 12.4 Å². The maximum Gasteiger partial charge on any atom is 0.251 e. The van der Waals surface area contributed by atoms with Crippen LogP contribution in [0.1, 0.15) is 34.9 Å². The van der Waals surface area contributed by atoms with Gasteiger partial charge in [0.05, 0.1) is 10.7 Å². The van der Waals surface area contributed by atoms with E-state index in [1.807, 2.05) is 26.2 Å². The van der Waals surface area contributed by atoms with Crippen molar-refractivity contribution in [3.8, 4) is 5.75 Å². The van der Waals surface area contributed by atoms with E-state index in [9.17, 15) is 4.79 Å². The standard InChI is InChI=1S/C15H18N2O2S/c1-10(2)16-15(18)12-4-6-14(7-5-12)19-8-13-9-20-11(3)17-13/h4-7,9-10H,8H2,1-3H3,(H,16,18). The Kier molecular flexibility index (Phi) is 4.74. The first-order valence-corrected chi connectivity index (χ1v) is 7.37. The van der Waals surface area contributed by atoms with Crippen molar-refractivity contribution >= 4 is 17.2 Å². The van der Waals surface area contributed by atoms with Crippen LogP contribution >= 0.6 is 11.3 Å². The molecule has 0 aliphatic carbocycles. The lowest BCUT2D eigenvalue weighted by molar-refractivity contribution is 0.0943. The number of benzene rings is 1. The van der Waals surface area contributed by atoms with Gasteiger partial charge in [-0.05, 0) is 45.0 Å². The first-order chi connectivity index (χ1) is 9.54. The van der Waals surface area contributed by atoms with Crippen molar-refractivity contribution in [1.82, 2.24) is 10.3 Å². The highest BCUT2D eigenvalue weighted by molar-refractivity contribution is 7.09. The first-order valence-electron chi connectivity index (χ1n) is 6.49. The van der Waals surface area contributed by atoms with Crippen molar-refractivity contribution in [2.75, 3.05) is 0 Å². The van der Waals surface area contributed by atoms with Crippen LogP contribution in [0.5, 0.6) is 5.75 Å². The summed E-state index contributed by atoms with van der Waals surface area (Å²) in [5.74, 6) is 0.665. The zero-order valence-electron chi connectivity index (χ0n) is 11.8. The molecule has 0 saturated carbocycles. The highest BCUT2D eigenvalue weighted by Crippen LogP contribution is 2.15. The molecule has 1 amide bonds. The summed E-state index contributed by atoms with van der Waals surface area (Å²) in [5, 5.41) is 5.87. The zero-order chi connectivity index (χ0) is 14.5. The number of ether oxygens (including phenoxy) is 1. The Balaban J connectivity index is 1.93. The van der Waals surface area contributed by atoms with Gasteiger partial charge < -0.3 is 10.1 Å². The summed E-state index contributed by atoms with van der Waals surface area (Å²) < 4.78 is 5.63. The average molecular weight is 290 g/mol. The van der Waals surface area contributed by atoms with Crippen LogP contribution in [-0.4, -0.2) is 16.9 Å². The minimum Gasteiger partial charge on any atom is -0.487 e. The Morgan fingerprint density at radius 2 is 2.05 bits per heavy atom. The van der Waals surface area contributed by atoms with Gasteiger partial charge in [-0.1, -0.05) is 0 Å². The lowest BCUT2D eigenvalue weighted by Crippen LogP contribution is -2.29. The average Bonchev–Trinajstić information content (AvgIpc) is 2.82. The third-order valence-corrected chi connectivity index (χ3v) is 3.41. The zero-order valence-corrected chi connectivity index (χ0v) is 12.7. The highest BCUT2D eigenvalue weighted by atomic mass is 32.1. The predicted octanol–water partition coefficient (Wildman–Crippen LogP) is 3.17. The fourth-order valence-corrected chi connectivity index (χ4v) is 2.28. The number of aromatic nitrogens is 1. The Hall–Kier alpha value is -1.88. The van der Waals surface area contributed by atoms with Crippen LogP contribution in [0.25, 0.3) is 0 Å². The van der Waals surface area contributed by atoms with Crippen LogP contribution in [0.2, 0.25) is 0 Å². The monoisotopic (exact) mass is 290 g/mol. The van der Waals surface area contributed by atoms with Crippen molar-refractivity contribution in [3.63, 3.8) is 0 Å². The summed E-state index contributed by atoms with van der Waals surface area (Å²) in [6.07, 6.45) is 0. The third kappa shape index (κ3) is 4.06. The third-order valence-electron chi connectivity index (χ3n) is 2.59. The van der Waals surface area contributed by atoms with E-state index in [0.717, 1.165) is 16.5 Å². The topological polar surface area (TPSA) is 51.2 Å². The van der Waals surface area contributed by atoms with E-state index in [1.54, 1.807) is 35.6 Å². The molecule has 20 heavy (non-hydrogen) atoms. The second-order valence-electron chi connectivity index (χ2n) is 4.80. The lowest BCUT2D eigenvalue weighted by Gasteiger charge is -2.09. The largest absolute Gasteiger partial charge is 0.487 e. The highest BCUT2D eigenvalue weighted by Gasteiger charge is 2.07. The van der Waals surface area contributed by atoms with E-state index >= 15 is 0 Å². The lowest BCUT2D eigenvalue weighted by atomic mass is 10.2. The molecule has 2 aromatic rings. The molecule has 5 heteroatoms. The van der Waals surface area contributed by atoms with E-state index in [0.29, 0.717) is 12.2 Å². The number of hydrogen-bond acceptors (Lipinski definition) is 4. The molecule has 1 aromatic heterocycles. The normalized spacial score (nSPS) is 10.6. The summed E-state index contributed by atoms with van der Waals surface area (Å²) in [7, 11) is 0. The first kappa shape index (κ1) is 14.5. The fourth-order valence-electron chi connectivity index (χ4n) is 1.68. The van der Waals surface area contributed by atoms with Crippen LogP contribution in [0, 0.1) is 6.92 Å². The molecule has 0 bridgehead atoms. The number of amides is 1. The van der Waals surface area contributed by atoms with Crippen molar-refractivity contribution in [2.45, 2.75) is 33.4 Å².